The van der Waals surface area contributed by atoms with Crippen molar-refractivity contribution >= 4 is 28.7 Å². The first-order valence-electron chi connectivity index (χ1n) is 5.67. The topological polar surface area (TPSA) is 112 Å². The Balaban J connectivity index is 2.66. The summed E-state index contributed by atoms with van der Waals surface area (Å²) in [7, 11) is 1.25. The lowest BCUT2D eigenvalue weighted by molar-refractivity contribution is -0.137. The van der Waals surface area contributed by atoms with Gasteiger partial charge in [-0.3, -0.25) is 9.59 Å². The molecule has 3 N–H and O–H groups in total. The summed E-state index contributed by atoms with van der Waals surface area (Å²) in [5, 5.41) is 9.26. The molecule has 1 aromatic heterocycles. The molecule has 0 bridgehead atoms. The number of carboxylic acids is 1. The fourth-order valence-electron chi connectivity index (χ4n) is 2.01. The summed E-state index contributed by atoms with van der Waals surface area (Å²) in [5.41, 5.74) is 6.19. The largest absolute Gasteiger partial charge is 0.480 e. The van der Waals surface area contributed by atoms with Gasteiger partial charge in [0.05, 0.1) is 18.2 Å². The molecule has 20 heavy (non-hydrogen) atoms. The molecule has 1 amide bonds. The number of aromatic nitrogens is 1. The number of primary amides is 1. The number of methoxy groups -OCH3 is 1. The Morgan fingerprint density at radius 2 is 2.05 bits per heavy atom. The lowest BCUT2D eigenvalue weighted by Gasteiger charge is -2.02. The van der Waals surface area contributed by atoms with Crippen LogP contribution in [0.25, 0.3) is 10.9 Å². The number of ether oxygens (including phenoxy) is 1. The lowest BCUT2D eigenvalue weighted by Crippen LogP contribution is -2.11. The zero-order valence-corrected chi connectivity index (χ0v) is 10.6. The summed E-state index contributed by atoms with van der Waals surface area (Å²) in [6.45, 7) is -0.304. The van der Waals surface area contributed by atoms with Crippen molar-refractivity contribution in [3.63, 3.8) is 0 Å². The van der Waals surface area contributed by atoms with Crippen LogP contribution in [-0.2, 0) is 16.1 Å². The van der Waals surface area contributed by atoms with E-state index < -0.39 is 17.8 Å². The van der Waals surface area contributed by atoms with Gasteiger partial charge in [-0.1, -0.05) is 0 Å². The molecule has 0 aliphatic carbocycles. The molecular formula is C13H12N2O5. The van der Waals surface area contributed by atoms with E-state index in [1.54, 1.807) is 6.07 Å². The number of hydrogen-bond donors (Lipinski definition) is 2. The second kappa shape index (κ2) is 5.04. The molecule has 7 nitrogen and oxygen atoms in total. The van der Waals surface area contributed by atoms with E-state index in [2.05, 4.69) is 4.74 Å². The quantitative estimate of drug-likeness (QED) is 0.795. The third-order valence-electron chi connectivity index (χ3n) is 2.87. The van der Waals surface area contributed by atoms with Crippen molar-refractivity contribution in [2.24, 2.45) is 5.73 Å². The number of nitrogens with two attached hydrogens (primary N) is 1. The van der Waals surface area contributed by atoms with E-state index >= 15 is 0 Å². The molecule has 2 aromatic rings. The average Bonchev–Trinajstić information content (AvgIpc) is 2.75. The van der Waals surface area contributed by atoms with Crippen molar-refractivity contribution in [2.45, 2.75) is 6.54 Å². The number of esters is 1. The van der Waals surface area contributed by atoms with Gasteiger partial charge < -0.3 is 20.1 Å². The summed E-state index contributed by atoms with van der Waals surface area (Å²) >= 11 is 0. The van der Waals surface area contributed by atoms with Crippen LogP contribution in [-0.4, -0.2) is 34.6 Å². The van der Waals surface area contributed by atoms with Crippen molar-refractivity contribution in [2.75, 3.05) is 7.11 Å². The fourth-order valence-corrected chi connectivity index (χ4v) is 2.01. The monoisotopic (exact) mass is 276 g/mol. The number of hydrogen-bond acceptors (Lipinski definition) is 4. The predicted molar refractivity (Wildman–Crippen MR) is 69.4 cm³/mol. The number of nitrogens with zero attached hydrogens (tertiary/aromatic N) is 1. The standard InChI is InChI=1S/C13H12N2O5/c1-20-13(19)7-2-3-10-8(4-7)9(12(14)18)5-15(10)6-11(16)17/h2-5H,6H2,1H3,(H2,14,18)(H,16,17). The number of aliphatic carboxylic acids is 1. The van der Waals surface area contributed by atoms with Gasteiger partial charge in [-0.2, -0.15) is 0 Å². The molecule has 0 atom stereocenters. The Kier molecular flexibility index (Phi) is 3.43. The highest BCUT2D eigenvalue weighted by atomic mass is 16.5. The van der Waals surface area contributed by atoms with E-state index in [0.717, 1.165) is 0 Å². The Labute approximate surface area is 113 Å². The maximum Gasteiger partial charge on any atom is 0.337 e. The Morgan fingerprint density at radius 3 is 2.60 bits per heavy atom. The molecule has 0 saturated heterocycles. The predicted octanol–water partition coefficient (Wildman–Crippen LogP) is 0.611. The number of carbonyl (C=O) groups is 3. The number of fused-ring (bicyclic) bond motifs is 1. The minimum Gasteiger partial charge on any atom is -0.480 e. The van der Waals surface area contributed by atoms with Gasteiger partial charge in [-0.25, -0.2) is 4.79 Å². The summed E-state index contributed by atoms with van der Waals surface area (Å²) in [6.07, 6.45) is 1.36. The van der Waals surface area contributed by atoms with Gasteiger partial charge in [0, 0.05) is 17.1 Å². The van der Waals surface area contributed by atoms with Crippen LogP contribution < -0.4 is 5.73 Å². The lowest BCUT2D eigenvalue weighted by atomic mass is 10.1. The molecule has 2 rings (SSSR count). The molecule has 1 aromatic carbocycles. The third-order valence-corrected chi connectivity index (χ3v) is 2.87. The fraction of sp³-hybridized carbons (Fsp3) is 0.154. The van der Waals surface area contributed by atoms with Crippen LogP contribution in [0.5, 0.6) is 0 Å². The van der Waals surface area contributed by atoms with Crippen LogP contribution >= 0.6 is 0 Å². The second-order valence-electron chi connectivity index (χ2n) is 4.15. The Bertz CT molecular complexity index is 717. The summed E-state index contributed by atoms with van der Waals surface area (Å²) < 4.78 is 5.99. The van der Waals surface area contributed by atoms with E-state index in [1.165, 1.54) is 30.0 Å². The first-order chi connectivity index (χ1) is 9.43. The average molecular weight is 276 g/mol. The van der Waals surface area contributed by atoms with Crippen molar-refractivity contribution in [3.8, 4) is 0 Å². The maximum atomic E-state index is 11.5. The Hall–Kier alpha value is -2.83. The van der Waals surface area contributed by atoms with Crippen molar-refractivity contribution in [1.82, 2.24) is 4.57 Å². The van der Waals surface area contributed by atoms with Crippen LogP contribution in [0.3, 0.4) is 0 Å². The first-order valence-corrected chi connectivity index (χ1v) is 5.67. The van der Waals surface area contributed by atoms with Crippen LogP contribution in [0, 0.1) is 0 Å². The van der Waals surface area contributed by atoms with E-state index in [1.807, 2.05) is 0 Å². The zero-order valence-electron chi connectivity index (χ0n) is 10.6. The van der Waals surface area contributed by atoms with Gasteiger partial charge in [0.2, 0.25) is 0 Å². The molecule has 0 unspecified atom stereocenters. The molecule has 0 radical (unpaired) electrons. The van der Waals surface area contributed by atoms with Gasteiger partial charge in [-0.15, -0.1) is 0 Å². The SMILES string of the molecule is COC(=O)c1ccc2c(c1)c(C(N)=O)cn2CC(=O)O. The van der Waals surface area contributed by atoms with Crippen LogP contribution in [0.1, 0.15) is 20.7 Å². The van der Waals surface area contributed by atoms with Gasteiger partial charge >= 0.3 is 11.9 Å². The Morgan fingerprint density at radius 1 is 1.35 bits per heavy atom. The molecule has 0 aliphatic rings. The maximum absolute atomic E-state index is 11.5. The summed E-state index contributed by atoms with van der Waals surface area (Å²) in [5.74, 6) is -2.29. The zero-order chi connectivity index (χ0) is 14.9. The molecule has 0 saturated carbocycles. The molecule has 7 heteroatoms. The number of benzene rings is 1. The minimum atomic E-state index is -1.05. The first kappa shape index (κ1) is 13.6. The highest BCUT2D eigenvalue weighted by Gasteiger charge is 2.16. The van der Waals surface area contributed by atoms with E-state index in [0.29, 0.717) is 10.9 Å². The van der Waals surface area contributed by atoms with E-state index in [-0.39, 0.29) is 17.7 Å². The van der Waals surface area contributed by atoms with Crippen LogP contribution in [0.2, 0.25) is 0 Å². The van der Waals surface area contributed by atoms with E-state index in [9.17, 15) is 14.4 Å². The highest BCUT2D eigenvalue weighted by Crippen LogP contribution is 2.23. The highest BCUT2D eigenvalue weighted by molar-refractivity contribution is 6.08. The number of carboxylic acid groups (broad SMARTS) is 1. The van der Waals surface area contributed by atoms with Crippen molar-refractivity contribution in [1.29, 1.82) is 0 Å². The molecular weight excluding hydrogens is 264 g/mol. The molecule has 0 spiro atoms. The van der Waals surface area contributed by atoms with Crippen LogP contribution in [0.15, 0.2) is 24.4 Å². The molecule has 0 fully saturated rings. The number of carbonyl (C=O) groups excluding carboxylic acids is 2. The second-order valence-corrected chi connectivity index (χ2v) is 4.15. The molecule has 1 heterocycles. The van der Waals surface area contributed by atoms with E-state index in [4.69, 9.17) is 10.8 Å². The molecule has 0 aliphatic heterocycles. The third kappa shape index (κ3) is 2.33. The van der Waals surface area contributed by atoms with Gasteiger partial charge in [0.15, 0.2) is 0 Å². The van der Waals surface area contributed by atoms with Gasteiger partial charge in [0.25, 0.3) is 5.91 Å². The van der Waals surface area contributed by atoms with Crippen molar-refractivity contribution < 1.29 is 24.2 Å². The van der Waals surface area contributed by atoms with Gasteiger partial charge in [0.1, 0.15) is 6.54 Å². The van der Waals surface area contributed by atoms with Crippen LogP contribution in [0.4, 0.5) is 0 Å². The minimum absolute atomic E-state index is 0.159. The smallest absolute Gasteiger partial charge is 0.337 e. The normalized spacial score (nSPS) is 10.4. The summed E-state index contributed by atoms with van der Waals surface area (Å²) in [4.78, 5) is 33.7. The number of rotatable bonds is 4. The van der Waals surface area contributed by atoms with Crippen molar-refractivity contribution in [3.05, 3.63) is 35.5 Å². The van der Waals surface area contributed by atoms with Gasteiger partial charge in [-0.05, 0) is 18.2 Å². The summed E-state index contributed by atoms with van der Waals surface area (Å²) in [6, 6.07) is 4.51. The molecule has 104 valence electrons. The number of amides is 1.